The van der Waals surface area contributed by atoms with E-state index < -0.39 is 0 Å². The Hall–Kier alpha value is -3.32. The minimum atomic E-state index is -0.319. The van der Waals surface area contributed by atoms with Crippen LogP contribution >= 0.6 is 0 Å². The van der Waals surface area contributed by atoms with Crippen LogP contribution < -0.4 is 0 Å². The first-order valence-electron chi connectivity index (χ1n) is 10.1. The van der Waals surface area contributed by atoms with E-state index in [9.17, 15) is 0 Å². The molecule has 0 aliphatic heterocycles. The fourth-order valence-corrected chi connectivity index (χ4v) is 6.90. The van der Waals surface area contributed by atoms with Gasteiger partial charge in [-0.15, -0.1) is 0 Å². The number of aromatic nitrogens is 3. The topological polar surface area (TPSA) is 38.7 Å². The van der Waals surface area contributed by atoms with Crippen molar-refractivity contribution in [2.24, 2.45) is 0 Å². The monoisotopic (exact) mass is 513 g/mol. The van der Waals surface area contributed by atoms with Crippen molar-refractivity contribution >= 4 is 38.0 Å². The van der Waals surface area contributed by atoms with E-state index >= 15 is 0 Å². The second-order valence-corrected chi connectivity index (χ2v) is 10.4. The van der Waals surface area contributed by atoms with Gasteiger partial charge in [0.15, 0.2) is 0 Å². The molecular weight excluding hydrogens is 494 g/mol. The Morgan fingerprint density at radius 3 is 1.58 bits per heavy atom. The zero-order chi connectivity index (χ0) is 20.6. The van der Waals surface area contributed by atoms with Crippen LogP contribution in [0.2, 0.25) is 0 Å². The van der Waals surface area contributed by atoms with Crippen molar-refractivity contribution in [3.05, 3.63) is 103 Å². The van der Waals surface area contributed by atoms with Gasteiger partial charge in [-0.25, -0.2) is 0 Å². The van der Waals surface area contributed by atoms with Gasteiger partial charge in [-0.3, -0.25) is 0 Å². The van der Waals surface area contributed by atoms with Crippen molar-refractivity contribution in [3.8, 4) is 34.2 Å². The normalized spacial score (nSPS) is 11.2. The quantitative estimate of drug-likeness (QED) is 0.265. The molecule has 6 aromatic rings. The van der Waals surface area contributed by atoms with Gasteiger partial charge in [0.1, 0.15) is 0 Å². The van der Waals surface area contributed by atoms with Gasteiger partial charge in [0.25, 0.3) is 0 Å². The minimum absolute atomic E-state index is 0.319. The van der Waals surface area contributed by atoms with Crippen LogP contribution in [0.5, 0.6) is 0 Å². The third-order valence-electron chi connectivity index (χ3n) is 5.33. The van der Waals surface area contributed by atoms with Crippen LogP contribution in [0.4, 0.5) is 0 Å². The SMILES string of the molecule is c1ccc(-c2nc(-c3ccccc3)nc(-c3ccc4[te]c5ccccc5c4c3)n2)cc1. The molecule has 0 aliphatic rings. The van der Waals surface area contributed by atoms with Crippen molar-refractivity contribution < 1.29 is 0 Å². The van der Waals surface area contributed by atoms with Gasteiger partial charge in [-0.05, 0) is 0 Å². The number of hydrogen-bond acceptors (Lipinski definition) is 3. The predicted molar refractivity (Wildman–Crippen MR) is 128 cm³/mol. The van der Waals surface area contributed by atoms with Crippen molar-refractivity contribution in [1.29, 1.82) is 0 Å². The summed E-state index contributed by atoms with van der Waals surface area (Å²) in [6.45, 7) is 0. The van der Waals surface area contributed by atoms with Gasteiger partial charge in [-0.2, -0.15) is 0 Å². The summed E-state index contributed by atoms with van der Waals surface area (Å²) in [6, 6.07) is 35.7. The first kappa shape index (κ1) is 18.4. The van der Waals surface area contributed by atoms with Crippen molar-refractivity contribution in [2.75, 3.05) is 0 Å². The molecule has 31 heavy (non-hydrogen) atoms. The van der Waals surface area contributed by atoms with Crippen LogP contribution in [-0.2, 0) is 0 Å². The second kappa shape index (κ2) is 7.74. The molecule has 0 bridgehead atoms. The molecule has 0 saturated heterocycles. The van der Waals surface area contributed by atoms with Gasteiger partial charge in [-0.1, -0.05) is 0 Å². The Kier molecular flexibility index (Phi) is 4.61. The Morgan fingerprint density at radius 1 is 0.419 bits per heavy atom. The van der Waals surface area contributed by atoms with E-state index in [1.54, 1.807) is 0 Å². The molecule has 0 fully saturated rings. The molecule has 0 saturated carbocycles. The zero-order valence-corrected chi connectivity index (χ0v) is 18.9. The summed E-state index contributed by atoms with van der Waals surface area (Å²) in [6.07, 6.45) is 0. The number of hydrogen-bond donors (Lipinski definition) is 0. The zero-order valence-electron chi connectivity index (χ0n) is 16.6. The van der Waals surface area contributed by atoms with E-state index in [1.807, 2.05) is 60.7 Å². The van der Waals surface area contributed by atoms with Crippen LogP contribution in [0.3, 0.4) is 0 Å². The average molecular weight is 511 g/mol. The van der Waals surface area contributed by atoms with E-state index in [0.717, 1.165) is 16.7 Å². The number of rotatable bonds is 3. The Bertz CT molecular complexity index is 1460. The third-order valence-corrected chi connectivity index (χ3v) is 8.62. The molecule has 0 atom stereocenters. The summed E-state index contributed by atoms with van der Waals surface area (Å²) in [7, 11) is 0. The van der Waals surface area contributed by atoms with E-state index in [2.05, 4.69) is 42.5 Å². The second-order valence-electron chi connectivity index (χ2n) is 7.35. The van der Waals surface area contributed by atoms with Crippen LogP contribution in [-0.4, -0.2) is 35.4 Å². The molecular formula is C27H17N3Te. The molecule has 3 nitrogen and oxygen atoms in total. The fraction of sp³-hybridized carbons (Fsp3) is 0. The van der Waals surface area contributed by atoms with Gasteiger partial charge >= 0.3 is 190 Å². The van der Waals surface area contributed by atoms with Crippen molar-refractivity contribution in [1.82, 2.24) is 15.0 Å². The molecule has 146 valence electrons. The third kappa shape index (κ3) is 3.45. The van der Waals surface area contributed by atoms with Gasteiger partial charge in [0.05, 0.1) is 0 Å². The number of nitrogens with zero attached hydrogens (tertiary/aromatic N) is 3. The summed E-state index contributed by atoms with van der Waals surface area (Å²) in [5.41, 5.74) is 3.00. The first-order chi connectivity index (χ1) is 15.3. The van der Waals surface area contributed by atoms with Gasteiger partial charge < -0.3 is 0 Å². The maximum atomic E-state index is 4.87. The average Bonchev–Trinajstić information content (AvgIpc) is 3.23. The Labute approximate surface area is 189 Å². The van der Waals surface area contributed by atoms with Crippen molar-refractivity contribution in [2.45, 2.75) is 0 Å². The Morgan fingerprint density at radius 2 is 0.935 bits per heavy atom. The molecule has 0 N–H and O–H groups in total. The molecule has 0 amide bonds. The van der Waals surface area contributed by atoms with E-state index in [1.165, 1.54) is 17.6 Å². The maximum absolute atomic E-state index is 4.87. The summed E-state index contributed by atoms with van der Waals surface area (Å²) in [4.78, 5) is 14.5. The molecule has 4 aromatic carbocycles. The van der Waals surface area contributed by atoms with Crippen LogP contribution in [0.1, 0.15) is 0 Å². The molecule has 0 spiro atoms. The summed E-state index contributed by atoms with van der Waals surface area (Å²) in [5, 5.41) is 2.70. The number of fused-ring (bicyclic) bond motifs is 3. The first-order valence-corrected chi connectivity index (χ1v) is 12.5. The van der Waals surface area contributed by atoms with Crippen LogP contribution in [0.15, 0.2) is 103 Å². The standard InChI is InChI=1S/C27H17N3Te/c1-3-9-18(10-4-1)25-28-26(19-11-5-2-6-12-19)30-27(29-25)20-15-16-24-22(17-20)21-13-7-8-14-23(21)31-24/h1-17H. The van der Waals surface area contributed by atoms with Crippen LogP contribution in [0.25, 0.3) is 51.7 Å². The van der Waals surface area contributed by atoms with Crippen LogP contribution in [0, 0.1) is 0 Å². The summed E-state index contributed by atoms with van der Waals surface area (Å²) in [5.74, 6) is 2.10. The molecule has 0 radical (unpaired) electrons. The fourth-order valence-electron chi connectivity index (χ4n) is 3.80. The van der Waals surface area contributed by atoms with Gasteiger partial charge in [0.2, 0.25) is 0 Å². The van der Waals surface area contributed by atoms with E-state index in [-0.39, 0.29) is 20.4 Å². The number of benzene rings is 4. The predicted octanol–water partition coefficient (Wildman–Crippen LogP) is 6.24. The Balaban J connectivity index is 1.58. The molecule has 4 heteroatoms. The van der Waals surface area contributed by atoms with E-state index in [4.69, 9.17) is 15.0 Å². The molecule has 2 heterocycles. The summed E-state index contributed by atoms with van der Waals surface area (Å²) >= 11 is -0.319. The van der Waals surface area contributed by atoms with Gasteiger partial charge in [0, 0.05) is 0 Å². The van der Waals surface area contributed by atoms with Crippen molar-refractivity contribution in [3.63, 3.8) is 0 Å². The molecule has 0 aliphatic carbocycles. The van der Waals surface area contributed by atoms with E-state index in [0.29, 0.717) is 17.5 Å². The summed E-state index contributed by atoms with van der Waals surface area (Å²) < 4.78 is 2.99. The molecule has 0 unspecified atom stereocenters. The molecule has 6 rings (SSSR count). The molecule has 2 aromatic heterocycles.